The van der Waals surface area contributed by atoms with Gasteiger partial charge in [-0.1, -0.05) is 0 Å². The summed E-state index contributed by atoms with van der Waals surface area (Å²) in [7, 11) is 2.82. The van der Waals surface area contributed by atoms with E-state index in [1.165, 1.54) is 36.5 Å². The molecule has 0 saturated carbocycles. The number of imide groups is 1. The van der Waals surface area contributed by atoms with Gasteiger partial charge in [-0.2, -0.15) is 0 Å². The Labute approximate surface area is 178 Å². The molecule has 0 spiro atoms. The molecule has 1 aromatic heterocycles. The molecule has 0 radical (unpaired) electrons. The number of carbonyl (C=O) groups is 4. The molecule has 4 rings (SSSR count). The number of methoxy groups -OCH3 is 2. The molecule has 1 atom stereocenters. The highest BCUT2D eigenvalue weighted by Crippen LogP contribution is 2.27. The van der Waals surface area contributed by atoms with Crippen LogP contribution in [0.5, 0.6) is 0 Å². The predicted molar refractivity (Wildman–Crippen MR) is 106 cm³/mol. The maximum Gasteiger partial charge on any atom is 0.329 e. The highest BCUT2D eigenvalue weighted by molar-refractivity contribution is 6.22. The summed E-state index contributed by atoms with van der Waals surface area (Å²) in [5.41, 5.74) is 2.11. The summed E-state index contributed by atoms with van der Waals surface area (Å²) < 4.78 is 9.86. The fourth-order valence-electron chi connectivity index (χ4n) is 3.96. The van der Waals surface area contributed by atoms with Gasteiger partial charge >= 0.3 is 5.97 Å². The molecule has 2 aliphatic heterocycles. The molecule has 2 aliphatic rings. The number of carbonyl (C=O) groups excluding carboxylic acids is 4. The van der Waals surface area contributed by atoms with Crippen LogP contribution in [0.2, 0.25) is 0 Å². The summed E-state index contributed by atoms with van der Waals surface area (Å²) in [6, 6.07) is 3.58. The number of benzene rings is 1. The Morgan fingerprint density at radius 1 is 1.19 bits per heavy atom. The lowest BCUT2D eigenvalue weighted by Gasteiger charge is -2.33. The lowest BCUT2D eigenvalue weighted by atomic mass is 9.99. The van der Waals surface area contributed by atoms with Crippen molar-refractivity contribution in [3.63, 3.8) is 0 Å². The minimum absolute atomic E-state index is 0.154. The highest BCUT2D eigenvalue weighted by atomic mass is 16.5. The number of nitrogens with zero attached hydrogens (tertiary/aromatic N) is 3. The molecular formula is C21H22N4O6. The molecule has 0 bridgehead atoms. The van der Waals surface area contributed by atoms with Crippen LogP contribution in [0.4, 0.5) is 0 Å². The normalized spacial score (nSPS) is 17.5. The number of nitrogens with one attached hydrogen (secondary N) is 1. The Morgan fingerprint density at radius 2 is 1.97 bits per heavy atom. The summed E-state index contributed by atoms with van der Waals surface area (Å²) in [6.07, 6.45) is 2.27. The summed E-state index contributed by atoms with van der Waals surface area (Å²) in [5, 5.41) is 0. The molecule has 10 heteroatoms. The van der Waals surface area contributed by atoms with Crippen LogP contribution in [0.1, 0.15) is 48.9 Å². The van der Waals surface area contributed by atoms with Gasteiger partial charge in [-0.3, -0.25) is 19.3 Å². The van der Waals surface area contributed by atoms with Gasteiger partial charge in [-0.15, -0.1) is 0 Å². The van der Waals surface area contributed by atoms with Crippen LogP contribution in [0.15, 0.2) is 24.5 Å². The Kier molecular flexibility index (Phi) is 5.55. The first-order valence-corrected chi connectivity index (χ1v) is 9.85. The monoisotopic (exact) mass is 426 g/mol. The van der Waals surface area contributed by atoms with Crippen molar-refractivity contribution in [1.82, 2.24) is 19.8 Å². The first-order valence-electron chi connectivity index (χ1n) is 9.85. The molecule has 3 amide bonds. The molecule has 1 aromatic carbocycles. The van der Waals surface area contributed by atoms with Gasteiger partial charge in [0, 0.05) is 32.2 Å². The third kappa shape index (κ3) is 3.59. The van der Waals surface area contributed by atoms with E-state index < -0.39 is 23.8 Å². The number of rotatable bonds is 6. The number of esters is 1. The Morgan fingerprint density at radius 3 is 2.71 bits per heavy atom. The maximum absolute atomic E-state index is 13.3. The fraction of sp³-hybridized carbons (Fsp3) is 0.381. The van der Waals surface area contributed by atoms with Gasteiger partial charge in [0.25, 0.3) is 17.7 Å². The average molecular weight is 426 g/mol. The van der Waals surface area contributed by atoms with Gasteiger partial charge in [0.15, 0.2) is 0 Å². The standard InChI is InChI=1S/C21H22N4O6/c1-30-7-3-6-24-19(27)13-5-4-12(8-14(13)20(24)28)18(26)25-10-16-15(22-11-23-16)9-17(25)21(29)31-2/h4-5,8,11,17H,3,6-7,9-10H2,1-2H3,(H,22,23). The van der Waals surface area contributed by atoms with Gasteiger partial charge in [0.2, 0.25) is 0 Å². The number of aromatic amines is 1. The molecule has 0 fully saturated rings. The molecule has 2 aromatic rings. The van der Waals surface area contributed by atoms with Crippen LogP contribution in [0.3, 0.4) is 0 Å². The van der Waals surface area contributed by atoms with Crippen LogP contribution < -0.4 is 0 Å². The fourth-order valence-corrected chi connectivity index (χ4v) is 3.96. The van der Waals surface area contributed by atoms with E-state index in [1.54, 1.807) is 7.11 Å². The van der Waals surface area contributed by atoms with Gasteiger partial charge in [0.05, 0.1) is 42.5 Å². The molecule has 3 heterocycles. The molecular weight excluding hydrogens is 404 g/mol. The second-order valence-corrected chi connectivity index (χ2v) is 7.37. The van der Waals surface area contributed by atoms with Gasteiger partial charge in [-0.05, 0) is 24.6 Å². The smallest absolute Gasteiger partial charge is 0.329 e. The highest BCUT2D eigenvalue weighted by Gasteiger charge is 2.39. The number of imidazole rings is 1. The molecule has 31 heavy (non-hydrogen) atoms. The predicted octanol–water partition coefficient (Wildman–Crippen LogP) is 0.782. The van der Waals surface area contributed by atoms with Crippen LogP contribution in [-0.2, 0) is 27.2 Å². The second-order valence-electron chi connectivity index (χ2n) is 7.37. The van der Waals surface area contributed by atoms with Crippen molar-refractivity contribution in [2.45, 2.75) is 25.4 Å². The van der Waals surface area contributed by atoms with E-state index in [-0.39, 0.29) is 42.1 Å². The SMILES string of the molecule is COCCCN1C(=O)c2ccc(C(=O)N3Cc4[nH]cnc4CC3C(=O)OC)cc2C1=O. The van der Waals surface area contributed by atoms with Crippen molar-refractivity contribution in [1.29, 1.82) is 0 Å². The molecule has 1 unspecified atom stereocenters. The number of amides is 3. The summed E-state index contributed by atoms with van der Waals surface area (Å²) in [5.74, 6) is -1.80. The van der Waals surface area contributed by atoms with Crippen molar-refractivity contribution < 1.29 is 28.7 Å². The number of ether oxygens (including phenoxy) is 2. The third-order valence-electron chi connectivity index (χ3n) is 5.58. The van der Waals surface area contributed by atoms with Crippen molar-refractivity contribution in [3.05, 3.63) is 52.6 Å². The van der Waals surface area contributed by atoms with E-state index in [2.05, 4.69) is 9.97 Å². The summed E-state index contributed by atoms with van der Waals surface area (Å²) >= 11 is 0. The Hall–Kier alpha value is -3.53. The molecule has 1 N–H and O–H groups in total. The van der Waals surface area contributed by atoms with E-state index in [1.807, 2.05) is 0 Å². The van der Waals surface area contributed by atoms with Gasteiger partial charge in [-0.25, -0.2) is 9.78 Å². The quantitative estimate of drug-likeness (QED) is 0.412. The molecule has 162 valence electrons. The van der Waals surface area contributed by atoms with E-state index >= 15 is 0 Å². The Balaban J connectivity index is 1.61. The zero-order valence-electron chi connectivity index (χ0n) is 17.2. The van der Waals surface area contributed by atoms with Crippen LogP contribution in [0, 0.1) is 0 Å². The van der Waals surface area contributed by atoms with E-state index in [4.69, 9.17) is 9.47 Å². The zero-order valence-corrected chi connectivity index (χ0v) is 17.2. The average Bonchev–Trinajstić information content (AvgIpc) is 3.34. The van der Waals surface area contributed by atoms with Crippen LogP contribution in [0.25, 0.3) is 0 Å². The number of hydrogen-bond acceptors (Lipinski definition) is 7. The molecule has 10 nitrogen and oxygen atoms in total. The van der Waals surface area contributed by atoms with Crippen molar-refractivity contribution >= 4 is 23.7 Å². The number of hydrogen-bond donors (Lipinski definition) is 1. The lowest BCUT2D eigenvalue weighted by molar-refractivity contribution is -0.146. The topological polar surface area (TPSA) is 122 Å². The largest absolute Gasteiger partial charge is 0.467 e. The van der Waals surface area contributed by atoms with E-state index in [9.17, 15) is 19.2 Å². The van der Waals surface area contributed by atoms with Crippen molar-refractivity contribution in [3.8, 4) is 0 Å². The maximum atomic E-state index is 13.3. The number of H-pyrrole nitrogens is 1. The minimum atomic E-state index is -0.829. The molecule has 0 saturated heterocycles. The van der Waals surface area contributed by atoms with E-state index in [0.29, 0.717) is 18.7 Å². The zero-order chi connectivity index (χ0) is 22.1. The first kappa shape index (κ1) is 20.7. The van der Waals surface area contributed by atoms with Crippen LogP contribution in [-0.4, -0.2) is 76.9 Å². The molecule has 0 aliphatic carbocycles. The summed E-state index contributed by atoms with van der Waals surface area (Å²) in [4.78, 5) is 60.7. The van der Waals surface area contributed by atoms with Gasteiger partial charge in [0.1, 0.15) is 6.04 Å². The first-order chi connectivity index (χ1) is 15.0. The lowest BCUT2D eigenvalue weighted by Crippen LogP contribution is -2.49. The van der Waals surface area contributed by atoms with Crippen LogP contribution >= 0.6 is 0 Å². The second kappa shape index (κ2) is 8.31. The Bertz CT molecular complexity index is 1060. The number of fused-ring (bicyclic) bond motifs is 2. The number of aromatic nitrogens is 2. The van der Waals surface area contributed by atoms with Gasteiger partial charge < -0.3 is 19.4 Å². The van der Waals surface area contributed by atoms with Crippen molar-refractivity contribution in [2.75, 3.05) is 27.4 Å². The van der Waals surface area contributed by atoms with Crippen molar-refractivity contribution in [2.24, 2.45) is 0 Å². The summed E-state index contributed by atoms with van der Waals surface area (Å²) in [6.45, 7) is 0.820. The third-order valence-corrected chi connectivity index (χ3v) is 5.58. The van der Waals surface area contributed by atoms with E-state index in [0.717, 1.165) is 10.6 Å². The minimum Gasteiger partial charge on any atom is -0.467 e.